The number of rotatable bonds is 3. The molecule has 1 heterocycles. The number of amides is 1. The Morgan fingerprint density at radius 3 is 2.46 bits per heavy atom. The Bertz CT molecular complexity index is 737. The number of Topliss-reactive ketones (excluding diaryl/α,β-unsaturated/α-hetero) is 1. The van der Waals surface area contributed by atoms with E-state index in [1.807, 2.05) is 39.0 Å². The summed E-state index contributed by atoms with van der Waals surface area (Å²) in [5.74, 6) is 0.306. The molecule has 2 aliphatic rings. The number of nitrogens with zero attached hydrogens (tertiary/aromatic N) is 1. The van der Waals surface area contributed by atoms with Gasteiger partial charge in [0.1, 0.15) is 11.7 Å². The summed E-state index contributed by atoms with van der Waals surface area (Å²) in [6, 6.07) is 7.46. The zero-order valence-corrected chi connectivity index (χ0v) is 17.5. The predicted molar refractivity (Wildman–Crippen MR) is 108 cm³/mol. The third-order valence-electron chi connectivity index (χ3n) is 5.23. The zero-order valence-electron chi connectivity index (χ0n) is 16.7. The molecule has 0 spiro atoms. The first-order valence-corrected chi connectivity index (χ1v) is 10.7. The Morgan fingerprint density at radius 2 is 1.86 bits per heavy atom. The largest absolute Gasteiger partial charge is 0.444 e. The van der Waals surface area contributed by atoms with Crippen molar-refractivity contribution in [1.82, 2.24) is 4.90 Å². The maximum Gasteiger partial charge on any atom is 0.410 e. The van der Waals surface area contributed by atoms with Gasteiger partial charge in [-0.2, -0.15) is 11.8 Å². The van der Waals surface area contributed by atoms with Gasteiger partial charge in [0.05, 0.1) is 5.60 Å². The van der Waals surface area contributed by atoms with Gasteiger partial charge in [0.2, 0.25) is 0 Å². The molecule has 7 heteroatoms. The fourth-order valence-electron chi connectivity index (χ4n) is 3.61. The monoisotopic (exact) mass is 407 g/mol. The van der Waals surface area contributed by atoms with Crippen molar-refractivity contribution in [2.45, 2.75) is 62.6 Å². The summed E-state index contributed by atoms with van der Waals surface area (Å²) in [6.45, 7) is 6.40. The molecule has 3 rings (SSSR count). The summed E-state index contributed by atoms with van der Waals surface area (Å²) < 4.78 is 5.40. The SMILES string of the molecule is CC(C)(C)OC(=O)N1CCC(O)(CSC2CC(=O)C(O)c3ccccc32)CC1. The van der Waals surface area contributed by atoms with E-state index < -0.39 is 17.3 Å². The van der Waals surface area contributed by atoms with Gasteiger partial charge < -0.3 is 19.8 Å². The highest BCUT2D eigenvalue weighted by Crippen LogP contribution is 2.43. The number of aliphatic hydroxyl groups is 2. The lowest BCUT2D eigenvalue weighted by Gasteiger charge is -2.39. The van der Waals surface area contributed by atoms with Crippen LogP contribution in [-0.2, 0) is 9.53 Å². The summed E-state index contributed by atoms with van der Waals surface area (Å²) >= 11 is 1.55. The van der Waals surface area contributed by atoms with Crippen molar-refractivity contribution in [2.75, 3.05) is 18.8 Å². The van der Waals surface area contributed by atoms with Crippen LogP contribution in [0.4, 0.5) is 4.79 Å². The molecule has 0 bridgehead atoms. The Labute approximate surface area is 170 Å². The lowest BCUT2D eigenvalue weighted by Crippen LogP contribution is -2.49. The van der Waals surface area contributed by atoms with E-state index in [9.17, 15) is 19.8 Å². The smallest absolute Gasteiger partial charge is 0.410 e. The van der Waals surface area contributed by atoms with Crippen LogP contribution in [0.1, 0.15) is 62.5 Å². The van der Waals surface area contributed by atoms with Crippen LogP contribution in [0, 0.1) is 0 Å². The van der Waals surface area contributed by atoms with Gasteiger partial charge in [-0.1, -0.05) is 24.3 Å². The van der Waals surface area contributed by atoms with Crippen molar-refractivity contribution >= 4 is 23.6 Å². The van der Waals surface area contributed by atoms with Gasteiger partial charge in [-0.25, -0.2) is 4.79 Å². The summed E-state index contributed by atoms with van der Waals surface area (Å²) in [7, 11) is 0. The van der Waals surface area contributed by atoms with E-state index in [0.29, 0.717) is 37.2 Å². The zero-order chi connectivity index (χ0) is 20.5. The Kier molecular flexibility index (Phi) is 6.08. The van der Waals surface area contributed by atoms with Crippen LogP contribution in [-0.4, -0.2) is 57.0 Å². The summed E-state index contributed by atoms with van der Waals surface area (Å²) in [4.78, 5) is 26.0. The van der Waals surface area contributed by atoms with Gasteiger partial charge in [-0.15, -0.1) is 0 Å². The molecule has 0 saturated carbocycles. The van der Waals surface area contributed by atoms with Crippen molar-refractivity contribution in [2.24, 2.45) is 0 Å². The number of benzene rings is 1. The van der Waals surface area contributed by atoms with Gasteiger partial charge in [-0.3, -0.25) is 4.79 Å². The third-order valence-corrected chi connectivity index (χ3v) is 6.76. The highest BCUT2D eigenvalue weighted by Gasteiger charge is 2.38. The number of ketones is 1. The highest BCUT2D eigenvalue weighted by molar-refractivity contribution is 7.99. The molecule has 2 unspecified atom stereocenters. The molecule has 2 N–H and O–H groups in total. The van der Waals surface area contributed by atoms with Crippen LogP contribution in [0.25, 0.3) is 0 Å². The Balaban J connectivity index is 1.58. The van der Waals surface area contributed by atoms with Crippen molar-refractivity contribution in [3.63, 3.8) is 0 Å². The minimum Gasteiger partial charge on any atom is -0.444 e. The second-order valence-electron chi connectivity index (χ2n) is 8.69. The van der Waals surface area contributed by atoms with E-state index in [1.165, 1.54) is 0 Å². The van der Waals surface area contributed by atoms with Crippen molar-refractivity contribution < 1.29 is 24.5 Å². The van der Waals surface area contributed by atoms with Crippen molar-refractivity contribution in [3.05, 3.63) is 35.4 Å². The average molecular weight is 408 g/mol. The molecule has 2 atom stereocenters. The van der Waals surface area contributed by atoms with Gasteiger partial charge >= 0.3 is 6.09 Å². The number of aliphatic hydroxyl groups excluding tert-OH is 1. The van der Waals surface area contributed by atoms with E-state index in [4.69, 9.17) is 4.74 Å². The fourth-order valence-corrected chi connectivity index (χ4v) is 5.09. The Morgan fingerprint density at radius 1 is 1.25 bits per heavy atom. The predicted octanol–water partition coefficient (Wildman–Crippen LogP) is 3.23. The second kappa shape index (κ2) is 8.05. The van der Waals surface area contributed by atoms with Crippen LogP contribution in [0.3, 0.4) is 0 Å². The maximum absolute atomic E-state index is 12.2. The number of fused-ring (bicyclic) bond motifs is 1. The van der Waals surface area contributed by atoms with Crippen LogP contribution in [0.15, 0.2) is 24.3 Å². The number of hydrogen-bond acceptors (Lipinski definition) is 6. The molecule has 28 heavy (non-hydrogen) atoms. The number of carbonyl (C=O) groups excluding carboxylic acids is 2. The molecule has 1 aliphatic carbocycles. The number of ether oxygens (including phenoxy) is 1. The van der Waals surface area contributed by atoms with Crippen LogP contribution in [0.2, 0.25) is 0 Å². The molecular formula is C21H29NO5S. The first-order valence-electron chi connectivity index (χ1n) is 9.69. The van der Waals surface area contributed by atoms with E-state index in [0.717, 1.165) is 5.56 Å². The summed E-state index contributed by atoms with van der Waals surface area (Å²) in [5, 5.41) is 21.0. The first kappa shape index (κ1) is 21.1. The number of thioether (sulfide) groups is 1. The van der Waals surface area contributed by atoms with E-state index in [-0.39, 0.29) is 23.5 Å². The summed E-state index contributed by atoms with van der Waals surface area (Å²) in [5.41, 5.74) is 0.223. The van der Waals surface area contributed by atoms with Crippen LogP contribution >= 0.6 is 11.8 Å². The molecule has 154 valence electrons. The molecule has 0 radical (unpaired) electrons. The fraction of sp³-hybridized carbons (Fsp3) is 0.619. The molecule has 1 amide bonds. The average Bonchev–Trinajstić information content (AvgIpc) is 2.63. The normalized spacial score (nSPS) is 24.6. The van der Waals surface area contributed by atoms with Crippen molar-refractivity contribution in [1.29, 1.82) is 0 Å². The number of hydrogen-bond donors (Lipinski definition) is 2. The molecule has 1 aromatic rings. The quantitative estimate of drug-likeness (QED) is 0.800. The minimum absolute atomic E-state index is 0.0694. The van der Waals surface area contributed by atoms with Crippen LogP contribution < -0.4 is 0 Å². The molecular weight excluding hydrogens is 378 g/mol. The highest BCUT2D eigenvalue weighted by atomic mass is 32.2. The van der Waals surface area contributed by atoms with E-state index >= 15 is 0 Å². The second-order valence-corrected chi connectivity index (χ2v) is 9.88. The van der Waals surface area contributed by atoms with Gasteiger partial charge in [-0.05, 0) is 44.7 Å². The summed E-state index contributed by atoms with van der Waals surface area (Å²) in [6.07, 6.45) is -0.173. The molecule has 0 aromatic heterocycles. The van der Waals surface area contributed by atoms with Gasteiger partial charge in [0.15, 0.2) is 5.78 Å². The molecule has 1 aliphatic heterocycles. The Hall–Kier alpha value is -1.57. The number of likely N-dealkylation sites (tertiary alicyclic amines) is 1. The van der Waals surface area contributed by atoms with Gasteiger partial charge in [0.25, 0.3) is 0 Å². The molecule has 1 fully saturated rings. The third kappa shape index (κ3) is 4.88. The molecule has 1 aromatic carbocycles. The van der Waals surface area contributed by atoms with Crippen LogP contribution in [0.5, 0.6) is 0 Å². The minimum atomic E-state index is -1.05. The van der Waals surface area contributed by atoms with Crippen molar-refractivity contribution in [3.8, 4) is 0 Å². The first-order chi connectivity index (χ1) is 13.1. The lowest BCUT2D eigenvalue weighted by atomic mass is 9.88. The molecule has 1 saturated heterocycles. The number of piperidine rings is 1. The van der Waals surface area contributed by atoms with E-state index in [1.54, 1.807) is 22.7 Å². The topological polar surface area (TPSA) is 87.1 Å². The van der Waals surface area contributed by atoms with Gasteiger partial charge in [0, 0.05) is 30.5 Å². The van der Waals surface area contributed by atoms with E-state index in [2.05, 4.69) is 0 Å². The number of carbonyl (C=O) groups is 2. The standard InChI is InChI=1S/C21H29NO5S/c1-20(2,3)27-19(25)22-10-8-21(26,9-11-22)13-28-17-12-16(23)18(24)15-7-5-4-6-14(15)17/h4-7,17-18,24,26H,8-13H2,1-3H3. The lowest BCUT2D eigenvalue weighted by molar-refractivity contribution is -0.128. The maximum atomic E-state index is 12.2. The molecule has 6 nitrogen and oxygen atoms in total.